The predicted octanol–water partition coefficient (Wildman–Crippen LogP) is 3.50. The smallest absolute Gasteiger partial charge is 0.256 e. The van der Waals surface area contributed by atoms with Gasteiger partial charge in [0.05, 0.1) is 10.4 Å². The van der Waals surface area contributed by atoms with Crippen LogP contribution in [-0.4, -0.2) is 42.3 Å². The van der Waals surface area contributed by atoms with Gasteiger partial charge in [-0.25, -0.2) is 8.42 Å². The predicted molar refractivity (Wildman–Crippen MR) is 123 cm³/mol. The fourth-order valence-electron chi connectivity index (χ4n) is 4.17. The van der Waals surface area contributed by atoms with Gasteiger partial charge in [0.25, 0.3) is 5.91 Å². The first kappa shape index (κ1) is 23.5. The second kappa shape index (κ2) is 9.53. The summed E-state index contributed by atoms with van der Waals surface area (Å²) in [6.45, 7) is 6.30. The molecule has 2 aromatic rings. The molecule has 3 rings (SSSR count). The van der Waals surface area contributed by atoms with E-state index in [1.54, 1.807) is 25.4 Å². The van der Waals surface area contributed by atoms with Crippen LogP contribution >= 0.6 is 0 Å². The van der Waals surface area contributed by atoms with Crippen molar-refractivity contribution in [2.24, 2.45) is 0 Å². The van der Waals surface area contributed by atoms with E-state index in [0.717, 1.165) is 38.5 Å². The van der Waals surface area contributed by atoms with Crippen LogP contribution in [0.1, 0.15) is 69.7 Å². The third-order valence-electron chi connectivity index (χ3n) is 6.39. The summed E-state index contributed by atoms with van der Waals surface area (Å²) in [7, 11) is -2.12. The molecule has 0 spiro atoms. The number of carbonyl (C=O) groups is 1. The molecule has 7 nitrogen and oxygen atoms in total. The highest BCUT2D eigenvalue weighted by Gasteiger charge is 2.29. The number of fused-ring (bicyclic) bond motifs is 1. The van der Waals surface area contributed by atoms with Gasteiger partial charge in [-0.05, 0) is 51.3 Å². The summed E-state index contributed by atoms with van der Waals surface area (Å²) in [6, 6.07) is 4.57. The van der Waals surface area contributed by atoms with E-state index in [1.165, 1.54) is 10.4 Å². The highest BCUT2D eigenvalue weighted by Crippen LogP contribution is 2.27. The van der Waals surface area contributed by atoms with E-state index in [9.17, 15) is 18.0 Å². The fraction of sp³-hybridized carbons (Fsp3) is 0.565. The molecule has 1 aromatic heterocycles. The molecule has 1 heterocycles. The third-order valence-corrected chi connectivity index (χ3v) is 8.30. The van der Waals surface area contributed by atoms with Crippen LogP contribution in [0.2, 0.25) is 0 Å². The molecule has 1 N–H and O–H groups in total. The molecule has 31 heavy (non-hydrogen) atoms. The van der Waals surface area contributed by atoms with Crippen LogP contribution < -0.4 is 10.7 Å². The van der Waals surface area contributed by atoms with Crippen molar-refractivity contribution in [3.63, 3.8) is 0 Å². The first-order chi connectivity index (χ1) is 14.7. The molecule has 1 aliphatic rings. The zero-order chi connectivity index (χ0) is 22.8. The SMILES string of the molecule is CC[C@@H](C)NC(=O)c1cn(CC)c2ccc(S(=O)(=O)N(C)C3CCCCC3)cc2c1=O. The Morgan fingerprint density at radius 3 is 2.52 bits per heavy atom. The maximum absolute atomic E-state index is 13.3. The van der Waals surface area contributed by atoms with Crippen molar-refractivity contribution < 1.29 is 13.2 Å². The van der Waals surface area contributed by atoms with Crippen LogP contribution in [0.3, 0.4) is 0 Å². The molecule has 8 heteroatoms. The number of benzene rings is 1. The number of carbonyl (C=O) groups excluding carboxylic acids is 1. The largest absolute Gasteiger partial charge is 0.349 e. The topological polar surface area (TPSA) is 88.5 Å². The zero-order valence-electron chi connectivity index (χ0n) is 18.8. The van der Waals surface area contributed by atoms with E-state index in [1.807, 2.05) is 25.3 Å². The molecule has 1 aliphatic carbocycles. The van der Waals surface area contributed by atoms with Gasteiger partial charge in [-0.3, -0.25) is 9.59 Å². The average molecular weight is 448 g/mol. The highest BCUT2D eigenvalue weighted by atomic mass is 32.2. The van der Waals surface area contributed by atoms with Gasteiger partial charge in [0, 0.05) is 37.3 Å². The molecule has 1 atom stereocenters. The lowest BCUT2D eigenvalue weighted by molar-refractivity contribution is 0.0937. The minimum absolute atomic E-state index is 0.0191. The quantitative estimate of drug-likeness (QED) is 0.704. The number of hydrogen-bond acceptors (Lipinski definition) is 4. The molecule has 0 bridgehead atoms. The molecule has 1 saturated carbocycles. The molecule has 0 radical (unpaired) electrons. The van der Waals surface area contributed by atoms with Crippen LogP contribution in [0.4, 0.5) is 0 Å². The number of aromatic nitrogens is 1. The molecule has 0 unspecified atom stereocenters. The van der Waals surface area contributed by atoms with Crippen LogP contribution in [-0.2, 0) is 16.6 Å². The Kier molecular flexibility index (Phi) is 7.21. The number of nitrogens with zero attached hydrogens (tertiary/aromatic N) is 2. The Hall–Kier alpha value is -2.19. The number of aryl methyl sites for hydroxylation is 1. The first-order valence-corrected chi connectivity index (χ1v) is 12.6. The summed E-state index contributed by atoms with van der Waals surface area (Å²) in [5.41, 5.74) is 0.203. The van der Waals surface area contributed by atoms with Crippen molar-refractivity contribution in [2.75, 3.05) is 7.05 Å². The maximum atomic E-state index is 13.3. The first-order valence-electron chi connectivity index (χ1n) is 11.2. The minimum Gasteiger partial charge on any atom is -0.349 e. The molecule has 0 aliphatic heterocycles. The standard InChI is InChI=1S/C23H33N3O4S/c1-5-16(3)24-23(28)20-15-26(6-2)21-13-12-18(14-19(21)22(20)27)31(29,30)25(4)17-10-8-7-9-11-17/h12-17H,5-11H2,1-4H3,(H,24,28)/t16-/m1/s1. The Morgan fingerprint density at radius 1 is 1.23 bits per heavy atom. The number of amides is 1. The van der Waals surface area contributed by atoms with E-state index < -0.39 is 21.4 Å². The molecule has 1 aromatic carbocycles. The van der Waals surface area contributed by atoms with Gasteiger partial charge in [-0.1, -0.05) is 26.2 Å². The van der Waals surface area contributed by atoms with Crippen LogP contribution in [0.25, 0.3) is 10.9 Å². The van der Waals surface area contributed by atoms with Gasteiger partial charge >= 0.3 is 0 Å². The van der Waals surface area contributed by atoms with Gasteiger partial charge in [0.15, 0.2) is 0 Å². The Labute approximate surface area is 184 Å². The van der Waals surface area contributed by atoms with Crippen LogP contribution in [0.15, 0.2) is 34.1 Å². The summed E-state index contributed by atoms with van der Waals surface area (Å²) < 4.78 is 29.8. The van der Waals surface area contributed by atoms with E-state index >= 15 is 0 Å². The van der Waals surface area contributed by atoms with Gasteiger partial charge < -0.3 is 9.88 Å². The summed E-state index contributed by atoms with van der Waals surface area (Å²) in [5, 5.41) is 3.08. The Balaban J connectivity index is 2.08. The zero-order valence-corrected chi connectivity index (χ0v) is 19.7. The maximum Gasteiger partial charge on any atom is 0.256 e. The van der Waals surface area contributed by atoms with Gasteiger partial charge in [-0.15, -0.1) is 0 Å². The normalized spacial score (nSPS) is 16.5. The molecule has 170 valence electrons. The molecule has 1 fully saturated rings. The number of pyridine rings is 1. The number of rotatable bonds is 7. The lowest BCUT2D eigenvalue weighted by atomic mass is 9.96. The third kappa shape index (κ3) is 4.70. The van der Waals surface area contributed by atoms with Crippen molar-refractivity contribution in [1.82, 2.24) is 14.2 Å². The average Bonchev–Trinajstić information content (AvgIpc) is 2.78. The molecular formula is C23H33N3O4S. The Bertz CT molecular complexity index is 1120. The summed E-state index contributed by atoms with van der Waals surface area (Å²) in [6.07, 6.45) is 7.20. The van der Waals surface area contributed by atoms with Gasteiger partial charge in [0.2, 0.25) is 15.5 Å². The van der Waals surface area contributed by atoms with Crippen LogP contribution in [0, 0.1) is 0 Å². The van der Waals surface area contributed by atoms with E-state index in [-0.39, 0.29) is 27.9 Å². The van der Waals surface area contributed by atoms with Gasteiger partial charge in [0.1, 0.15) is 5.56 Å². The Morgan fingerprint density at radius 2 is 1.90 bits per heavy atom. The van der Waals surface area contributed by atoms with Crippen LogP contribution in [0.5, 0.6) is 0 Å². The monoisotopic (exact) mass is 447 g/mol. The van der Waals surface area contributed by atoms with E-state index in [0.29, 0.717) is 12.1 Å². The fourth-order valence-corrected chi connectivity index (χ4v) is 5.61. The number of sulfonamides is 1. The number of nitrogens with one attached hydrogen (secondary N) is 1. The van der Waals surface area contributed by atoms with Crippen molar-refractivity contribution in [1.29, 1.82) is 0 Å². The van der Waals surface area contributed by atoms with Crippen molar-refractivity contribution in [2.45, 2.75) is 82.8 Å². The summed E-state index contributed by atoms with van der Waals surface area (Å²) in [4.78, 5) is 26.0. The second-order valence-electron chi connectivity index (χ2n) is 8.43. The second-order valence-corrected chi connectivity index (χ2v) is 10.4. The van der Waals surface area contributed by atoms with E-state index in [4.69, 9.17) is 0 Å². The van der Waals surface area contributed by atoms with Gasteiger partial charge in [-0.2, -0.15) is 4.31 Å². The molecule has 0 saturated heterocycles. The minimum atomic E-state index is -3.74. The van der Waals surface area contributed by atoms with Crippen molar-refractivity contribution in [3.8, 4) is 0 Å². The lowest BCUT2D eigenvalue weighted by Crippen LogP contribution is -2.38. The number of hydrogen-bond donors (Lipinski definition) is 1. The molecule has 1 amide bonds. The van der Waals surface area contributed by atoms with Crippen molar-refractivity contribution in [3.05, 3.63) is 40.2 Å². The summed E-state index contributed by atoms with van der Waals surface area (Å²) in [5.74, 6) is -0.434. The van der Waals surface area contributed by atoms with Crippen molar-refractivity contribution >= 4 is 26.8 Å². The summed E-state index contributed by atoms with van der Waals surface area (Å²) >= 11 is 0. The van der Waals surface area contributed by atoms with E-state index in [2.05, 4.69) is 5.32 Å². The lowest BCUT2D eigenvalue weighted by Gasteiger charge is -2.30. The molecular weight excluding hydrogens is 414 g/mol. The highest BCUT2D eigenvalue weighted by molar-refractivity contribution is 7.89.